The van der Waals surface area contributed by atoms with Gasteiger partial charge in [-0.3, -0.25) is 0 Å². The van der Waals surface area contributed by atoms with Gasteiger partial charge in [-0.25, -0.2) is 0 Å². The van der Waals surface area contributed by atoms with Crippen molar-refractivity contribution in [2.75, 3.05) is 20.8 Å². The Morgan fingerprint density at radius 1 is 1.43 bits per heavy atom. The number of rotatable bonds is 4. The third-order valence-corrected chi connectivity index (χ3v) is 2.36. The highest BCUT2D eigenvalue weighted by atomic mass is 35.5. The quantitative estimate of drug-likeness (QED) is 0.836. The fourth-order valence-electron chi connectivity index (χ4n) is 1.25. The average Bonchev–Trinajstić information content (AvgIpc) is 2.22. The summed E-state index contributed by atoms with van der Waals surface area (Å²) in [6, 6.07) is 5.49. The third-order valence-electron chi connectivity index (χ3n) is 2.05. The smallest absolute Gasteiger partial charge is 0.137 e. The molecule has 0 saturated carbocycles. The van der Waals surface area contributed by atoms with E-state index in [4.69, 9.17) is 26.8 Å². The second-order valence-electron chi connectivity index (χ2n) is 2.85. The third kappa shape index (κ3) is 2.38. The van der Waals surface area contributed by atoms with Crippen molar-refractivity contribution in [3.05, 3.63) is 28.8 Å². The monoisotopic (exact) mass is 215 g/mol. The highest BCUT2D eigenvalue weighted by Crippen LogP contribution is 2.28. The van der Waals surface area contributed by atoms with Gasteiger partial charge >= 0.3 is 0 Å². The molecule has 0 aliphatic rings. The molecule has 0 radical (unpaired) electrons. The maximum absolute atomic E-state index is 5.89. The molecule has 14 heavy (non-hydrogen) atoms. The highest BCUT2D eigenvalue weighted by Gasteiger charge is 2.10. The van der Waals surface area contributed by atoms with E-state index in [9.17, 15) is 0 Å². The van der Waals surface area contributed by atoms with Gasteiger partial charge in [0.15, 0.2) is 0 Å². The van der Waals surface area contributed by atoms with E-state index in [1.54, 1.807) is 20.3 Å². The Morgan fingerprint density at radius 3 is 2.64 bits per heavy atom. The minimum Gasteiger partial charge on any atom is -0.495 e. The van der Waals surface area contributed by atoms with Crippen molar-refractivity contribution in [1.82, 2.24) is 0 Å². The number of hydrogen-bond donors (Lipinski definition) is 1. The van der Waals surface area contributed by atoms with Crippen molar-refractivity contribution >= 4 is 11.6 Å². The average molecular weight is 216 g/mol. The standard InChI is InChI=1S/C10H14ClNO2/c1-13-9-5-7(3-4-8(9)11)10(6-12)14-2/h3-5,10H,6,12H2,1-2H3/t10-/m1/s1. The normalized spacial score (nSPS) is 12.6. The first-order valence-electron chi connectivity index (χ1n) is 4.29. The number of hydrogen-bond acceptors (Lipinski definition) is 3. The van der Waals surface area contributed by atoms with Crippen LogP contribution in [0.2, 0.25) is 5.02 Å². The zero-order chi connectivity index (χ0) is 10.6. The molecule has 4 heteroatoms. The van der Waals surface area contributed by atoms with Crippen LogP contribution in [0.5, 0.6) is 5.75 Å². The van der Waals surface area contributed by atoms with Crippen LogP contribution in [0.3, 0.4) is 0 Å². The van der Waals surface area contributed by atoms with Gasteiger partial charge in [0.1, 0.15) is 5.75 Å². The van der Waals surface area contributed by atoms with Gasteiger partial charge in [0, 0.05) is 13.7 Å². The van der Waals surface area contributed by atoms with Crippen LogP contribution in [0.4, 0.5) is 0 Å². The van der Waals surface area contributed by atoms with Crippen LogP contribution in [0.15, 0.2) is 18.2 Å². The second-order valence-corrected chi connectivity index (χ2v) is 3.26. The summed E-state index contributed by atoms with van der Waals surface area (Å²) in [4.78, 5) is 0. The van der Waals surface area contributed by atoms with E-state index in [2.05, 4.69) is 0 Å². The molecule has 0 spiro atoms. The fraction of sp³-hybridized carbons (Fsp3) is 0.400. The second kappa shape index (κ2) is 5.20. The Morgan fingerprint density at radius 2 is 2.14 bits per heavy atom. The Hall–Kier alpha value is -0.770. The zero-order valence-corrected chi connectivity index (χ0v) is 9.04. The lowest BCUT2D eigenvalue weighted by Crippen LogP contribution is -2.14. The number of benzene rings is 1. The molecule has 0 amide bonds. The van der Waals surface area contributed by atoms with Gasteiger partial charge in [-0.15, -0.1) is 0 Å². The molecule has 1 rings (SSSR count). The molecule has 1 aromatic rings. The molecule has 0 aliphatic heterocycles. The lowest BCUT2D eigenvalue weighted by Gasteiger charge is -2.14. The van der Waals surface area contributed by atoms with Gasteiger partial charge in [-0.2, -0.15) is 0 Å². The lowest BCUT2D eigenvalue weighted by atomic mass is 10.1. The summed E-state index contributed by atoms with van der Waals surface area (Å²) in [6.07, 6.45) is -0.110. The molecule has 78 valence electrons. The first kappa shape index (κ1) is 11.3. The SMILES string of the molecule is COc1cc([C@@H](CN)OC)ccc1Cl. The van der Waals surface area contributed by atoms with Crippen LogP contribution in [-0.4, -0.2) is 20.8 Å². The molecule has 1 atom stereocenters. The summed E-state index contributed by atoms with van der Waals surface area (Å²) in [5, 5.41) is 0.586. The van der Waals surface area contributed by atoms with Crippen molar-refractivity contribution in [1.29, 1.82) is 0 Å². The van der Waals surface area contributed by atoms with E-state index in [1.165, 1.54) is 0 Å². The molecular weight excluding hydrogens is 202 g/mol. The predicted octanol–water partition coefficient (Wildman–Crippen LogP) is 1.99. The fourth-order valence-corrected chi connectivity index (χ4v) is 1.44. The van der Waals surface area contributed by atoms with Crippen molar-refractivity contribution in [2.24, 2.45) is 5.73 Å². The van der Waals surface area contributed by atoms with E-state index >= 15 is 0 Å². The Labute approximate surface area is 88.8 Å². The number of halogens is 1. The van der Waals surface area contributed by atoms with Crippen LogP contribution in [-0.2, 0) is 4.74 Å². The van der Waals surface area contributed by atoms with Gasteiger partial charge in [0.25, 0.3) is 0 Å². The molecule has 3 nitrogen and oxygen atoms in total. The molecule has 0 aliphatic carbocycles. The molecule has 1 aromatic carbocycles. The van der Waals surface area contributed by atoms with E-state index in [0.29, 0.717) is 17.3 Å². The van der Waals surface area contributed by atoms with Gasteiger partial charge < -0.3 is 15.2 Å². The van der Waals surface area contributed by atoms with E-state index in [-0.39, 0.29) is 6.10 Å². The first-order valence-corrected chi connectivity index (χ1v) is 4.67. The van der Waals surface area contributed by atoms with Crippen molar-refractivity contribution < 1.29 is 9.47 Å². The molecule has 0 aromatic heterocycles. The largest absolute Gasteiger partial charge is 0.495 e. The molecule has 0 heterocycles. The topological polar surface area (TPSA) is 44.5 Å². The molecule has 0 bridgehead atoms. The van der Waals surface area contributed by atoms with Crippen molar-refractivity contribution in [3.63, 3.8) is 0 Å². The lowest BCUT2D eigenvalue weighted by molar-refractivity contribution is 0.110. The summed E-state index contributed by atoms with van der Waals surface area (Å²) in [7, 11) is 3.20. The summed E-state index contributed by atoms with van der Waals surface area (Å²) >= 11 is 5.89. The van der Waals surface area contributed by atoms with Gasteiger partial charge in [-0.1, -0.05) is 17.7 Å². The van der Waals surface area contributed by atoms with E-state index in [1.807, 2.05) is 12.1 Å². The Bertz CT molecular complexity index is 300. The van der Waals surface area contributed by atoms with Crippen LogP contribution in [0.1, 0.15) is 11.7 Å². The molecule has 0 fully saturated rings. The van der Waals surface area contributed by atoms with Crippen molar-refractivity contribution in [3.8, 4) is 5.75 Å². The van der Waals surface area contributed by atoms with Crippen LogP contribution >= 0.6 is 11.6 Å². The maximum atomic E-state index is 5.89. The minimum atomic E-state index is -0.110. The summed E-state index contributed by atoms with van der Waals surface area (Å²) in [5.41, 5.74) is 6.51. The van der Waals surface area contributed by atoms with Crippen LogP contribution < -0.4 is 10.5 Å². The number of ether oxygens (including phenoxy) is 2. The first-order chi connectivity index (χ1) is 6.72. The maximum Gasteiger partial charge on any atom is 0.137 e. The molecule has 0 unspecified atom stereocenters. The number of nitrogens with two attached hydrogens (primary N) is 1. The van der Waals surface area contributed by atoms with Gasteiger partial charge in [0.2, 0.25) is 0 Å². The molecule has 2 N–H and O–H groups in total. The number of methoxy groups -OCH3 is 2. The van der Waals surface area contributed by atoms with E-state index < -0.39 is 0 Å². The van der Waals surface area contributed by atoms with Crippen LogP contribution in [0.25, 0.3) is 0 Å². The Balaban J connectivity index is 2.98. The molecule has 0 saturated heterocycles. The molecular formula is C10H14ClNO2. The Kier molecular flexibility index (Phi) is 4.20. The summed E-state index contributed by atoms with van der Waals surface area (Å²) in [5.74, 6) is 0.639. The van der Waals surface area contributed by atoms with Gasteiger partial charge in [-0.05, 0) is 17.7 Å². The highest BCUT2D eigenvalue weighted by molar-refractivity contribution is 6.32. The predicted molar refractivity (Wildman–Crippen MR) is 56.8 cm³/mol. The summed E-state index contributed by atoms with van der Waals surface area (Å²) < 4.78 is 10.3. The van der Waals surface area contributed by atoms with Gasteiger partial charge in [0.05, 0.1) is 18.2 Å². The van der Waals surface area contributed by atoms with Crippen molar-refractivity contribution in [2.45, 2.75) is 6.10 Å². The zero-order valence-electron chi connectivity index (χ0n) is 8.29. The summed E-state index contributed by atoms with van der Waals surface area (Å²) in [6.45, 7) is 0.432. The minimum absolute atomic E-state index is 0.110. The van der Waals surface area contributed by atoms with E-state index in [0.717, 1.165) is 5.56 Å². The van der Waals surface area contributed by atoms with Crippen LogP contribution in [0, 0.1) is 0 Å².